The third kappa shape index (κ3) is 3.13. The van der Waals surface area contributed by atoms with Crippen LogP contribution in [0.5, 0.6) is 0 Å². The Balaban J connectivity index is 2.56. The number of esters is 1. The fourth-order valence-corrected chi connectivity index (χ4v) is 2.50. The van der Waals surface area contributed by atoms with Crippen LogP contribution in [-0.4, -0.2) is 12.1 Å². The average molecular weight is 260 g/mol. The first kappa shape index (κ1) is 15.6. The summed E-state index contributed by atoms with van der Waals surface area (Å²) in [5, 5.41) is 0. The van der Waals surface area contributed by atoms with Gasteiger partial charge >= 0.3 is 5.97 Å². The van der Waals surface area contributed by atoms with Gasteiger partial charge in [0, 0.05) is 6.42 Å². The molecule has 1 unspecified atom stereocenters. The normalized spacial score (nSPS) is 20.6. The molecule has 0 aromatic carbocycles. The van der Waals surface area contributed by atoms with Gasteiger partial charge in [-0.3, -0.25) is 4.79 Å². The van der Waals surface area contributed by atoms with Crippen LogP contribution in [0.3, 0.4) is 0 Å². The molecule has 0 saturated heterocycles. The summed E-state index contributed by atoms with van der Waals surface area (Å²) in [6.07, 6.45) is 7.59. The number of unbranched alkanes of at least 4 members (excludes halogenated alkanes) is 2. The summed E-state index contributed by atoms with van der Waals surface area (Å²) in [6, 6.07) is 0. The molecule has 0 aromatic rings. The van der Waals surface area contributed by atoms with Crippen LogP contribution in [0.2, 0.25) is 0 Å². The van der Waals surface area contributed by atoms with E-state index in [4.69, 9.17) is 11.2 Å². The highest BCUT2D eigenvalue weighted by molar-refractivity contribution is 5.79. The van der Waals surface area contributed by atoms with E-state index in [1.165, 1.54) is 0 Å². The van der Waals surface area contributed by atoms with Crippen molar-refractivity contribution in [1.29, 1.82) is 0 Å². The highest BCUT2D eigenvalue weighted by Crippen LogP contribution is 2.68. The quantitative estimate of drug-likeness (QED) is 0.440. The van der Waals surface area contributed by atoms with Crippen molar-refractivity contribution in [2.45, 2.75) is 60.0 Å². The van der Waals surface area contributed by atoms with Crippen molar-refractivity contribution in [3.05, 3.63) is 0 Å². The van der Waals surface area contributed by atoms with Gasteiger partial charge in [0.15, 0.2) is 0 Å². The minimum Gasteiger partial charge on any atom is -0.437 e. The Kier molecular flexibility index (Phi) is 4.70. The largest absolute Gasteiger partial charge is 0.437 e. The van der Waals surface area contributed by atoms with Crippen molar-refractivity contribution in [1.82, 2.24) is 0 Å². The van der Waals surface area contributed by atoms with Crippen LogP contribution in [0.1, 0.15) is 53.9 Å². The van der Waals surface area contributed by atoms with Gasteiger partial charge < -0.3 is 4.74 Å². The van der Waals surface area contributed by atoms with Gasteiger partial charge in [-0.2, -0.15) is 0 Å². The first-order chi connectivity index (χ1) is 8.79. The molecule has 2 heteroatoms. The molecule has 0 aliphatic heterocycles. The highest BCUT2D eigenvalue weighted by atomic mass is 16.5. The van der Waals surface area contributed by atoms with Gasteiger partial charge in [0.1, 0.15) is 0 Å². The van der Waals surface area contributed by atoms with Gasteiger partial charge in [0.2, 0.25) is 6.10 Å². The Morgan fingerprint density at radius 2 is 1.89 bits per heavy atom. The zero-order valence-corrected chi connectivity index (χ0v) is 12.7. The van der Waals surface area contributed by atoms with Gasteiger partial charge in [0.25, 0.3) is 0 Å². The summed E-state index contributed by atoms with van der Waals surface area (Å²) < 4.78 is 5.33. The van der Waals surface area contributed by atoms with Crippen molar-refractivity contribution in [3.8, 4) is 24.2 Å². The van der Waals surface area contributed by atoms with Crippen LogP contribution < -0.4 is 0 Å². The van der Waals surface area contributed by atoms with Crippen LogP contribution in [0.15, 0.2) is 0 Å². The van der Waals surface area contributed by atoms with Crippen LogP contribution in [0, 0.1) is 40.9 Å². The van der Waals surface area contributed by atoms with Crippen LogP contribution >= 0.6 is 0 Å². The average Bonchev–Trinajstić information content (AvgIpc) is 2.73. The third-order valence-corrected chi connectivity index (χ3v) is 4.53. The molecule has 0 bridgehead atoms. The van der Waals surface area contributed by atoms with Crippen LogP contribution in [0.4, 0.5) is 0 Å². The van der Waals surface area contributed by atoms with Crippen molar-refractivity contribution in [3.63, 3.8) is 0 Å². The molecule has 1 aliphatic carbocycles. The zero-order valence-electron chi connectivity index (χ0n) is 12.7. The molecule has 1 atom stereocenters. The van der Waals surface area contributed by atoms with E-state index in [2.05, 4.69) is 52.4 Å². The summed E-state index contributed by atoms with van der Waals surface area (Å²) >= 11 is 0. The SMILES string of the molecule is C#CC(C#CCCCC)OC(=O)C1C(C)(C)C1(C)C. The van der Waals surface area contributed by atoms with Gasteiger partial charge in [0.05, 0.1) is 5.92 Å². The molecule has 0 spiro atoms. The van der Waals surface area contributed by atoms with E-state index in [9.17, 15) is 4.79 Å². The van der Waals surface area contributed by atoms with E-state index < -0.39 is 6.10 Å². The first-order valence-corrected chi connectivity index (χ1v) is 6.94. The molecular weight excluding hydrogens is 236 g/mol. The van der Waals surface area contributed by atoms with Crippen molar-refractivity contribution in [2.24, 2.45) is 16.7 Å². The maximum Gasteiger partial charge on any atom is 0.312 e. The molecule has 1 fully saturated rings. The molecule has 1 saturated carbocycles. The van der Waals surface area contributed by atoms with E-state index in [0.717, 1.165) is 19.3 Å². The minimum atomic E-state index is -0.712. The number of terminal acetylenes is 1. The number of carbonyl (C=O) groups is 1. The topological polar surface area (TPSA) is 26.3 Å². The van der Waals surface area contributed by atoms with Gasteiger partial charge in [-0.25, -0.2) is 0 Å². The maximum absolute atomic E-state index is 12.1. The van der Waals surface area contributed by atoms with Crippen LogP contribution in [0.25, 0.3) is 0 Å². The predicted octanol–water partition coefficient (Wildman–Crippen LogP) is 3.41. The lowest BCUT2D eigenvalue weighted by Crippen LogP contribution is -2.18. The molecule has 1 aliphatic rings. The molecule has 0 amide bonds. The summed E-state index contributed by atoms with van der Waals surface area (Å²) in [4.78, 5) is 12.1. The molecule has 19 heavy (non-hydrogen) atoms. The number of ether oxygens (including phenoxy) is 1. The fraction of sp³-hybridized carbons (Fsp3) is 0.706. The predicted molar refractivity (Wildman–Crippen MR) is 77.1 cm³/mol. The number of hydrogen-bond donors (Lipinski definition) is 0. The van der Waals surface area contributed by atoms with Crippen LogP contribution in [-0.2, 0) is 9.53 Å². The standard InChI is InChI=1S/C17H24O2/c1-7-9-10-11-12-13(8-2)19-15(18)14-16(3,4)17(14,5)6/h2,13-14H,7,9-10H2,1,3-6H3. The molecule has 1 rings (SSSR count). The summed E-state index contributed by atoms with van der Waals surface area (Å²) in [5.41, 5.74) is -0.0578. The maximum atomic E-state index is 12.1. The van der Waals surface area contributed by atoms with E-state index in [1.54, 1.807) is 0 Å². The summed E-state index contributed by atoms with van der Waals surface area (Å²) in [6.45, 7) is 10.4. The number of hydrogen-bond acceptors (Lipinski definition) is 2. The second-order valence-corrected chi connectivity index (χ2v) is 6.28. The Morgan fingerprint density at radius 3 is 2.32 bits per heavy atom. The second-order valence-electron chi connectivity index (χ2n) is 6.28. The van der Waals surface area contributed by atoms with Crippen molar-refractivity contribution < 1.29 is 9.53 Å². The lowest BCUT2D eigenvalue weighted by Gasteiger charge is -2.07. The van der Waals surface area contributed by atoms with Gasteiger partial charge in [-0.1, -0.05) is 47.0 Å². The minimum absolute atomic E-state index is 0.0289. The summed E-state index contributed by atoms with van der Waals surface area (Å²) in [7, 11) is 0. The van der Waals surface area contributed by atoms with Crippen molar-refractivity contribution >= 4 is 5.97 Å². The van der Waals surface area contributed by atoms with Gasteiger partial charge in [-0.05, 0) is 29.1 Å². The van der Waals surface area contributed by atoms with E-state index >= 15 is 0 Å². The van der Waals surface area contributed by atoms with Crippen molar-refractivity contribution in [2.75, 3.05) is 0 Å². The Morgan fingerprint density at radius 1 is 1.32 bits per heavy atom. The lowest BCUT2D eigenvalue weighted by molar-refractivity contribution is -0.147. The Bertz CT molecular complexity index is 426. The molecule has 0 aromatic heterocycles. The molecule has 0 radical (unpaired) electrons. The third-order valence-electron chi connectivity index (χ3n) is 4.53. The molecule has 0 N–H and O–H groups in total. The van der Waals surface area contributed by atoms with E-state index in [-0.39, 0.29) is 22.7 Å². The molecule has 0 heterocycles. The molecule has 2 nitrogen and oxygen atoms in total. The highest BCUT2D eigenvalue weighted by Gasteiger charge is 2.69. The first-order valence-electron chi connectivity index (χ1n) is 6.94. The lowest BCUT2D eigenvalue weighted by atomic mass is 10.0. The number of rotatable bonds is 4. The van der Waals surface area contributed by atoms with Gasteiger partial charge in [-0.15, -0.1) is 6.42 Å². The second kappa shape index (κ2) is 5.70. The number of carbonyl (C=O) groups excluding carboxylic acids is 1. The fourth-order valence-electron chi connectivity index (χ4n) is 2.50. The molecular formula is C17H24O2. The van der Waals surface area contributed by atoms with E-state index in [0.29, 0.717) is 0 Å². The Hall–Kier alpha value is -1.41. The summed E-state index contributed by atoms with van der Waals surface area (Å²) in [5.74, 6) is 7.94. The smallest absolute Gasteiger partial charge is 0.312 e. The monoisotopic (exact) mass is 260 g/mol. The van der Waals surface area contributed by atoms with E-state index in [1.807, 2.05) is 0 Å². The zero-order chi connectivity index (χ0) is 14.7. The Labute approximate surface area is 117 Å². The molecule has 104 valence electrons.